The SMILES string of the molecule is CC(C(=O)NCCOCC(=O)O)S(C)(=O)=O. The maximum absolute atomic E-state index is 11.2. The van der Waals surface area contributed by atoms with Gasteiger partial charge in [-0.3, -0.25) is 4.79 Å². The number of rotatable bonds is 7. The molecule has 0 aliphatic carbocycles. The molecule has 8 heteroatoms. The molecule has 7 nitrogen and oxygen atoms in total. The fourth-order valence-corrected chi connectivity index (χ4v) is 1.22. The molecule has 0 bridgehead atoms. The van der Waals surface area contributed by atoms with Crippen molar-refractivity contribution in [2.24, 2.45) is 0 Å². The predicted molar refractivity (Wildman–Crippen MR) is 55.8 cm³/mol. The number of aliphatic carboxylic acids is 1. The van der Waals surface area contributed by atoms with Crippen molar-refractivity contribution in [3.63, 3.8) is 0 Å². The van der Waals surface area contributed by atoms with Crippen LogP contribution in [0.4, 0.5) is 0 Å². The van der Waals surface area contributed by atoms with Gasteiger partial charge in [0.25, 0.3) is 0 Å². The Bertz CT molecular complexity index is 350. The van der Waals surface area contributed by atoms with Crippen LogP contribution in [0.5, 0.6) is 0 Å². The molecule has 16 heavy (non-hydrogen) atoms. The fraction of sp³-hybridized carbons (Fsp3) is 0.750. The number of ether oxygens (including phenoxy) is 1. The zero-order chi connectivity index (χ0) is 12.8. The molecule has 0 spiro atoms. The van der Waals surface area contributed by atoms with Gasteiger partial charge >= 0.3 is 5.97 Å². The summed E-state index contributed by atoms with van der Waals surface area (Å²) in [5.74, 6) is -1.72. The van der Waals surface area contributed by atoms with Crippen LogP contribution in [0, 0.1) is 0 Å². The largest absolute Gasteiger partial charge is 0.480 e. The molecule has 94 valence electrons. The van der Waals surface area contributed by atoms with Crippen LogP contribution < -0.4 is 5.32 Å². The van der Waals surface area contributed by atoms with E-state index in [4.69, 9.17) is 5.11 Å². The summed E-state index contributed by atoms with van der Waals surface area (Å²) in [5.41, 5.74) is 0. The van der Waals surface area contributed by atoms with E-state index in [0.29, 0.717) is 0 Å². The van der Waals surface area contributed by atoms with E-state index in [0.717, 1.165) is 6.26 Å². The van der Waals surface area contributed by atoms with Crippen LogP contribution in [0.25, 0.3) is 0 Å². The number of carbonyl (C=O) groups excluding carboxylic acids is 1. The Balaban J connectivity index is 3.79. The van der Waals surface area contributed by atoms with Crippen LogP contribution in [0.15, 0.2) is 0 Å². The van der Waals surface area contributed by atoms with Gasteiger partial charge in [0.15, 0.2) is 9.84 Å². The van der Waals surface area contributed by atoms with E-state index in [2.05, 4.69) is 10.1 Å². The zero-order valence-corrected chi connectivity index (χ0v) is 9.91. The minimum Gasteiger partial charge on any atom is -0.480 e. The van der Waals surface area contributed by atoms with E-state index in [1.807, 2.05) is 0 Å². The lowest BCUT2D eigenvalue weighted by atomic mass is 10.4. The summed E-state index contributed by atoms with van der Waals surface area (Å²) in [6.45, 7) is 0.931. The van der Waals surface area contributed by atoms with Crippen molar-refractivity contribution in [2.75, 3.05) is 26.0 Å². The Labute approximate surface area is 93.7 Å². The van der Waals surface area contributed by atoms with Crippen molar-refractivity contribution in [1.82, 2.24) is 5.32 Å². The molecule has 0 aliphatic heterocycles. The van der Waals surface area contributed by atoms with Crippen LogP contribution in [0.2, 0.25) is 0 Å². The molecular weight excluding hydrogens is 238 g/mol. The Morgan fingerprint density at radius 3 is 2.44 bits per heavy atom. The summed E-state index contributed by atoms with van der Waals surface area (Å²) >= 11 is 0. The van der Waals surface area contributed by atoms with Gasteiger partial charge in [0, 0.05) is 12.8 Å². The second kappa shape index (κ2) is 6.44. The van der Waals surface area contributed by atoms with Crippen molar-refractivity contribution in [1.29, 1.82) is 0 Å². The number of carboxylic acids is 1. The van der Waals surface area contributed by atoms with Gasteiger partial charge in [-0.2, -0.15) is 0 Å². The average molecular weight is 253 g/mol. The molecule has 0 aromatic carbocycles. The maximum Gasteiger partial charge on any atom is 0.329 e. The van der Waals surface area contributed by atoms with Crippen LogP contribution >= 0.6 is 0 Å². The number of sulfone groups is 1. The molecule has 0 aromatic heterocycles. The monoisotopic (exact) mass is 253 g/mol. The molecule has 0 saturated carbocycles. The van der Waals surface area contributed by atoms with Gasteiger partial charge in [0.05, 0.1) is 6.61 Å². The quantitative estimate of drug-likeness (QED) is 0.542. The van der Waals surface area contributed by atoms with Crippen molar-refractivity contribution in [3.05, 3.63) is 0 Å². The number of carboxylic acid groups (broad SMARTS) is 1. The molecular formula is C8H15NO6S. The van der Waals surface area contributed by atoms with Gasteiger partial charge in [-0.25, -0.2) is 13.2 Å². The number of hydrogen-bond donors (Lipinski definition) is 2. The molecule has 0 fully saturated rings. The molecule has 0 radical (unpaired) electrons. The first kappa shape index (κ1) is 14.8. The normalized spacial score (nSPS) is 13.1. The van der Waals surface area contributed by atoms with Crippen LogP contribution in [-0.4, -0.2) is 56.7 Å². The summed E-state index contributed by atoms with van der Waals surface area (Å²) in [5, 5.41) is 9.43. The molecule has 0 aliphatic rings. The Hall–Kier alpha value is -1.15. The van der Waals surface area contributed by atoms with Gasteiger partial charge in [0.2, 0.25) is 5.91 Å². The molecule has 0 saturated heterocycles. The van der Waals surface area contributed by atoms with E-state index in [9.17, 15) is 18.0 Å². The van der Waals surface area contributed by atoms with E-state index >= 15 is 0 Å². The van der Waals surface area contributed by atoms with Gasteiger partial charge in [0.1, 0.15) is 11.9 Å². The summed E-state index contributed by atoms with van der Waals surface area (Å²) in [4.78, 5) is 21.3. The molecule has 1 atom stereocenters. The van der Waals surface area contributed by atoms with Crippen molar-refractivity contribution < 1.29 is 27.9 Å². The predicted octanol–water partition coefficient (Wildman–Crippen LogP) is -1.36. The fourth-order valence-electron chi connectivity index (χ4n) is 0.744. The van der Waals surface area contributed by atoms with Crippen molar-refractivity contribution in [2.45, 2.75) is 12.2 Å². The van der Waals surface area contributed by atoms with E-state index in [-0.39, 0.29) is 13.2 Å². The smallest absolute Gasteiger partial charge is 0.329 e. The Kier molecular flexibility index (Phi) is 5.97. The third-order valence-electron chi connectivity index (χ3n) is 1.78. The standard InChI is InChI=1S/C8H15NO6S/c1-6(16(2,13)14)8(12)9-3-4-15-5-7(10)11/h6H,3-5H2,1-2H3,(H,9,12)(H,10,11). The highest BCUT2D eigenvalue weighted by atomic mass is 32.2. The minimum atomic E-state index is -3.41. The van der Waals surface area contributed by atoms with Gasteiger partial charge in [-0.1, -0.05) is 0 Å². The summed E-state index contributed by atoms with van der Waals surface area (Å²) < 4.78 is 26.6. The highest BCUT2D eigenvalue weighted by molar-refractivity contribution is 7.92. The number of amides is 1. The van der Waals surface area contributed by atoms with Gasteiger partial charge < -0.3 is 15.2 Å². The minimum absolute atomic E-state index is 0.0223. The lowest BCUT2D eigenvalue weighted by Gasteiger charge is -2.09. The van der Waals surface area contributed by atoms with E-state index in [1.165, 1.54) is 6.92 Å². The number of nitrogens with one attached hydrogen (secondary N) is 1. The highest BCUT2D eigenvalue weighted by Crippen LogP contribution is 1.96. The molecule has 0 rings (SSSR count). The van der Waals surface area contributed by atoms with Gasteiger partial charge in [-0.05, 0) is 6.92 Å². The van der Waals surface area contributed by atoms with Crippen molar-refractivity contribution >= 4 is 21.7 Å². The molecule has 1 amide bonds. The van der Waals surface area contributed by atoms with E-state index in [1.54, 1.807) is 0 Å². The average Bonchev–Trinajstić information content (AvgIpc) is 2.13. The first-order valence-electron chi connectivity index (χ1n) is 4.51. The number of carbonyl (C=O) groups is 2. The topological polar surface area (TPSA) is 110 Å². The van der Waals surface area contributed by atoms with Crippen LogP contribution in [0.3, 0.4) is 0 Å². The molecule has 1 unspecified atom stereocenters. The molecule has 0 aromatic rings. The Morgan fingerprint density at radius 1 is 1.44 bits per heavy atom. The first-order chi connectivity index (χ1) is 7.25. The van der Waals surface area contributed by atoms with Crippen molar-refractivity contribution in [3.8, 4) is 0 Å². The number of hydrogen-bond acceptors (Lipinski definition) is 5. The first-order valence-corrected chi connectivity index (χ1v) is 6.46. The second-order valence-corrected chi connectivity index (χ2v) is 5.58. The zero-order valence-electron chi connectivity index (χ0n) is 9.10. The highest BCUT2D eigenvalue weighted by Gasteiger charge is 2.22. The third kappa shape index (κ3) is 6.36. The maximum atomic E-state index is 11.2. The second-order valence-electron chi connectivity index (χ2n) is 3.21. The lowest BCUT2D eigenvalue weighted by Crippen LogP contribution is -2.39. The third-order valence-corrected chi connectivity index (χ3v) is 3.28. The Morgan fingerprint density at radius 2 is 2.00 bits per heavy atom. The van der Waals surface area contributed by atoms with Crippen LogP contribution in [0.1, 0.15) is 6.92 Å². The summed E-state index contributed by atoms with van der Waals surface area (Å²) in [6, 6.07) is 0. The summed E-state index contributed by atoms with van der Waals surface area (Å²) in [6.07, 6.45) is 0.970. The molecule has 2 N–H and O–H groups in total. The van der Waals surface area contributed by atoms with Crippen LogP contribution in [-0.2, 0) is 24.2 Å². The molecule has 0 heterocycles. The summed E-state index contributed by atoms with van der Waals surface area (Å²) in [7, 11) is -3.41. The van der Waals surface area contributed by atoms with Gasteiger partial charge in [-0.15, -0.1) is 0 Å². The lowest BCUT2D eigenvalue weighted by molar-refractivity contribution is -0.142. The van der Waals surface area contributed by atoms with E-state index < -0.39 is 33.6 Å².